The maximum atomic E-state index is 6.02. The number of guanidine groups is 1. The maximum Gasteiger partial charge on any atom is 0.216 e. The highest BCUT2D eigenvalue weighted by Gasteiger charge is 2.19. The van der Waals surface area contributed by atoms with Crippen molar-refractivity contribution >= 4 is 29.9 Å². The molecule has 6 nitrogen and oxygen atoms in total. The molecule has 156 valence electrons. The van der Waals surface area contributed by atoms with Crippen molar-refractivity contribution in [2.45, 2.75) is 84.3 Å². The smallest absolute Gasteiger partial charge is 0.216 e. The molecule has 0 aliphatic heterocycles. The van der Waals surface area contributed by atoms with E-state index in [-0.39, 0.29) is 29.4 Å². The summed E-state index contributed by atoms with van der Waals surface area (Å²) in [5.41, 5.74) is -0.0347. The van der Waals surface area contributed by atoms with Gasteiger partial charge in [-0.25, -0.2) is 9.98 Å². The summed E-state index contributed by atoms with van der Waals surface area (Å²) in [5, 5.41) is 6.58. The molecule has 1 aromatic heterocycles. The molecule has 1 fully saturated rings. The molecule has 27 heavy (non-hydrogen) atoms. The van der Waals surface area contributed by atoms with E-state index in [0.29, 0.717) is 25.1 Å². The normalized spacial score (nSPS) is 16.5. The molecule has 0 amide bonds. The van der Waals surface area contributed by atoms with Crippen LogP contribution in [0, 0.1) is 0 Å². The first-order valence-corrected chi connectivity index (χ1v) is 10.1. The highest BCUT2D eigenvalue weighted by molar-refractivity contribution is 14.0. The first-order valence-electron chi connectivity index (χ1n) is 10.1. The van der Waals surface area contributed by atoms with Gasteiger partial charge in [-0.15, -0.1) is 24.0 Å². The van der Waals surface area contributed by atoms with Crippen LogP contribution in [0.3, 0.4) is 0 Å². The Balaban J connectivity index is 0.00000364. The van der Waals surface area contributed by atoms with Crippen LogP contribution in [-0.4, -0.2) is 36.7 Å². The number of nitrogens with zero attached hydrogens (tertiary/aromatic N) is 2. The van der Waals surface area contributed by atoms with E-state index in [1.54, 1.807) is 6.20 Å². The van der Waals surface area contributed by atoms with Crippen LogP contribution in [0.15, 0.2) is 15.6 Å². The molecule has 0 bridgehead atoms. The van der Waals surface area contributed by atoms with E-state index in [2.05, 4.69) is 48.3 Å². The Hall–Kier alpha value is -0.830. The van der Waals surface area contributed by atoms with E-state index >= 15 is 0 Å². The van der Waals surface area contributed by atoms with Gasteiger partial charge in [-0.3, -0.25) is 0 Å². The van der Waals surface area contributed by atoms with E-state index in [4.69, 9.17) is 9.15 Å². The Kier molecular flexibility index (Phi) is 11.3. The van der Waals surface area contributed by atoms with Gasteiger partial charge in [0.1, 0.15) is 12.3 Å². The second-order valence-corrected chi connectivity index (χ2v) is 7.97. The van der Waals surface area contributed by atoms with Crippen LogP contribution >= 0.6 is 24.0 Å². The molecular formula is C20H37IN4O2. The lowest BCUT2D eigenvalue weighted by molar-refractivity contribution is 0.0468. The molecule has 0 saturated heterocycles. The Labute approximate surface area is 181 Å². The zero-order valence-electron chi connectivity index (χ0n) is 17.3. The molecule has 0 radical (unpaired) electrons. The average Bonchev–Trinajstić information content (AvgIpc) is 2.93. The highest BCUT2D eigenvalue weighted by atomic mass is 127. The summed E-state index contributed by atoms with van der Waals surface area (Å²) in [4.78, 5) is 8.89. The second-order valence-electron chi connectivity index (χ2n) is 7.97. The minimum atomic E-state index is -0.0347. The third-order valence-electron chi connectivity index (χ3n) is 4.56. The largest absolute Gasteiger partial charge is 0.443 e. The highest BCUT2D eigenvalue weighted by Crippen LogP contribution is 2.22. The summed E-state index contributed by atoms with van der Waals surface area (Å²) in [6.07, 6.45) is 9.94. The zero-order valence-corrected chi connectivity index (χ0v) is 19.7. The monoisotopic (exact) mass is 492 g/mol. The van der Waals surface area contributed by atoms with Crippen LogP contribution in [0.5, 0.6) is 0 Å². The second kappa shape index (κ2) is 12.6. The summed E-state index contributed by atoms with van der Waals surface area (Å²) < 4.78 is 11.8. The number of hydrogen-bond donors (Lipinski definition) is 2. The van der Waals surface area contributed by atoms with E-state index in [9.17, 15) is 0 Å². The third-order valence-corrected chi connectivity index (χ3v) is 4.56. The number of hydrogen-bond acceptors (Lipinski definition) is 4. The van der Waals surface area contributed by atoms with Crippen LogP contribution in [0.25, 0.3) is 0 Å². The lowest BCUT2D eigenvalue weighted by Crippen LogP contribution is -2.39. The fourth-order valence-electron chi connectivity index (χ4n) is 3.02. The van der Waals surface area contributed by atoms with Gasteiger partial charge in [-0.05, 0) is 19.8 Å². The van der Waals surface area contributed by atoms with Gasteiger partial charge in [0, 0.05) is 18.5 Å². The molecular weight excluding hydrogens is 455 g/mol. The summed E-state index contributed by atoms with van der Waals surface area (Å²) in [5.74, 6) is 2.30. The fraction of sp³-hybridized carbons (Fsp3) is 0.800. The Bertz CT molecular complexity index is 546. The topological polar surface area (TPSA) is 71.7 Å². The van der Waals surface area contributed by atoms with Gasteiger partial charge in [-0.1, -0.05) is 46.5 Å². The maximum absolute atomic E-state index is 6.02. The van der Waals surface area contributed by atoms with E-state index < -0.39 is 0 Å². The third kappa shape index (κ3) is 9.27. The molecule has 2 N–H and O–H groups in total. The molecule has 0 unspecified atom stereocenters. The van der Waals surface area contributed by atoms with Crippen molar-refractivity contribution in [2.24, 2.45) is 4.99 Å². The first-order chi connectivity index (χ1) is 12.5. The first kappa shape index (κ1) is 24.2. The Morgan fingerprint density at radius 1 is 1.22 bits per heavy atom. The lowest BCUT2D eigenvalue weighted by Gasteiger charge is -2.16. The molecule has 0 atom stereocenters. The molecule has 7 heteroatoms. The molecule has 2 rings (SSSR count). The molecule has 1 aliphatic carbocycles. The Morgan fingerprint density at radius 3 is 2.52 bits per heavy atom. The van der Waals surface area contributed by atoms with Crippen LogP contribution in [-0.2, 0) is 16.7 Å². The summed E-state index contributed by atoms with van der Waals surface area (Å²) >= 11 is 0. The van der Waals surface area contributed by atoms with Gasteiger partial charge >= 0.3 is 0 Å². The molecule has 0 spiro atoms. The fourth-order valence-corrected chi connectivity index (χ4v) is 3.02. The van der Waals surface area contributed by atoms with Crippen molar-refractivity contribution in [3.05, 3.63) is 17.8 Å². The average molecular weight is 492 g/mol. The standard InChI is InChI=1S/C20H36N4O2.HI/c1-5-21-19(22-12-13-25-16-10-8-6-7-9-11-16)24-15-18-23-14-17(26-18)20(2,3)4;/h14,16H,5-13,15H2,1-4H3,(H2,21,22,24);1H. The van der Waals surface area contributed by atoms with Gasteiger partial charge in [0.15, 0.2) is 5.96 Å². The molecule has 0 aromatic carbocycles. The minimum absolute atomic E-state index is 0. The number of oxazole rings is 1. The van der Waals surface area contributed by atoms with Crippen molar-refractivity contribution in [1.29, 1.82) is 0 Å². The summed E-state index contributed by atoms with van der Waals surface area (Å²) in [6.45, 7) is 11.1. The van der Waals surface area contributed by atoms with Crippen LogP contribution in [0.4, 0.5) is 0 Å². The predicted molar refractivity (Wildman–Crippen MR) is 121 cm³/mol. The number of aliphatic imine (C=N–C) groups is 1. The van der Waals surface area contributed by atoms with Crippen molar-refractivity contribution < 1.29 is 9.15 Å². The van der Waals surface area contributed by atoms with Gasteiger partial charge in [0.05, 0.1) is 18.9 Å². The Morgan fingerprint density at radius 2 is 1.93 bits per heavy atom. The van der Waals surface area contributed by atoms with Crippen LogP contribution in [0.2, 0.25) is 0 Å². The van der Waals surface area contributed by atoms with Crippen molar-refractivity contribution in [3.63, 3.8) is 0 Å². The lowest BCUT2D eigenvalue weighted by atomic mass is 9.94. The van der Waals surface area contributed by atoms with E-state index in [1.165, 1.54) is 38.5 Å². The quantitative estimate of drug-likeness (QED) is 0.194. The predicted octanol–water partition coefficient (Wildman–Crippen LogP) is 4.38. The number of nitrogens with one attached hydrogen (secondary N) is 2. The van der Waals surface area contributed by atoms with Gasteiger partial charge < -0.3 is 19.8 Å². The number of halogens is 1. The van der Waals surface area contributed by atoms with E-state index in [0.717, 1.165) is 24.8 Å². The number of ether oxygens (including phenoxy) is 1. The van der Waals surface area contributed by atoms with Crippen LogP contribution in [0.1, 0.15) is 77.9 Å². The molecule has 1 aromatic rings. The van der Waals surface area contributed by atoms with Crippen molar-refractivity contribution in [3.8, 4) is 0 Å². The molecule has 1 saturated carbocycles. The van der Waals surface area contributed by atoms with Crippen LogP contribution < -0.4 is 10.6 Å². The summed E-state index contributed by atoms with van der Waals surface area (Å²) in [7, 11) is 0. The van der Waals surface area contributed by atoms with Gasteiger partial charge in [0.25, 0.3) is 0 Å². The zero-order chi connectivity index (χ0) is 18.8. The molecule has 1 aliphatic rings. The SMILES string of the molecule is CCNC(=NCc1ncc(C(C)(C)C)o1)NCCOC1CCCCCC1.I. The van der Waals surface area contributed by atoms with Crippen molar-refractivity contribution in [2.75, 3.05) is 19.7 Å². The summed E-state index contributed by atoms with van der Waals surface area (Å²) in [6, 6.07) is 0. The number of rotatable bonds is 7. The number of aromatic nitrogens is 1. The van der Waals surface area contributed by atoms with E-state index in [1.807, 2.05) is 0 Å². The van der Waals surface area contributed by atoms with Gasteiger partial charge in [-0.2, -0.15) is 0 Å². The molecule has 1 heterocycles. The van der Waals surface area contributed by atoms with Gasteiger partial charge in [0.2, 0.25) is 5.89 Å². The van der Waals surface area contributed by atoms with Crippen molar-refractivity contribution in [1.82, 2.24) is 15.6 Å². The minimum Gasteiger partial charge on any atom is -0.443 e.